The molecule has 0 saturated heterocycles. The van der Waals surface area contributed by atoms with Gasteiger partial charge in [-0.2, -0.15) is 0 Å². The lowest BCUT2D eigenvalue weighted by Crippen LogP contribution is -2.46. The van der Waals surface area contributed by atoms with E-state index in [1.165, 1.54) is 32.1 Å². The quantitative estimate of drug-likeness (QED) is 0.501. The summed E-state index contributed by atoms with van der Waals surface area (Å²) in [4.78, 5) is 0. The summed E-state index contributed by atoms with van der Waals surface area (Å²) in [5.74, 6) is 0. The van der Waals surface area contributed by atoms with E-state index < -0.39 is 5.72 Å². The average Bonchev–Trinajstić information content (AvgIpc) is 2.06. The molecule has 2 heteroatoms. The number of hydrogen-bond acceptors (Lipinski definition) is 2. The van der Waals surface area contributed by atoms with E-state index in [1.807, 2.05) is 0 Å². The highest BCUT2D eigenvalue weighted by Gasteiger charge is 2.27. The maximum atomic E-state index is 9.99. The minimum atomic E-state index is -0.520. The van der Waals surface area contributed by atoms with Crippen LogP contribution in [0.25, 0.3) is 0 Å². The standard InChI is InChI=1S/C10H21NO/c1-2-3-9-11-10(12)7-5-4-6-8-10/h11-12H,2-9H2,1H3. The molecular weight excluding hydrogens is 150 g/mol. The highest BCUT2D eigenvalue weighted by atomic mass is 16.3. The lowest BCUT2D eigenvalue weighted by Gasteiger charge is -2.33. The van der Waals surface area contributed by atoms with Crippen LogP contribution in [0, 0.1) is 0 Å². The van der Waals surface area contributed by atoms with E-state index >= 15 is 0 Å². The van der Waals surface area contributed by atoms with Gasteiger partial charge in [-0.05, 0) is 38.6 Å². The van der Waals surface area contributed by atoms with Crippen LogP contribution >= 0.6 is 0 Å². The van der Waals surface area contributed by atoms with Crippen LogP contribution in [-0.2, 0) is 0 Å². The second-order valence-corrected chi connectivity index (χ2v) is 3.87. The fraction of sp³-hybridized carbons (Fsp3) is 1.00. The van der Waals surface area contributed by atoms with Gasteiger partial charge < -0.3 is 5.11 Å². The molecule has 1 rings (SSSR count). The van der Waals surface area contributed by atoms with E-state index in [4.69, 9.17) is 0 Å². The first-order valence-electron chi connectivity index (χ1n) is 5.24. The fourth-order valence-electron chi connectivity index (χ4n) is 1.81. The molecule has 1 saturated carbocycles. The smallest absolute Gasteiger partial charge is 0.116 e. The first kappa shape index (κ1) is 10.0. The Hall–Kier alpha value is -0.0800. The molecule has 12 heavy (non-hydrogen) atoms. The number of nitrogens with one attached hydrogen (secondary N) is 1. The molecule has 0 aromatic heterocycles. The van der Waals surface area contributed by atoms with Crippen molar-refractivity contribution in [2.75, 3.05) is 6.54 Å². The van der Waals surface area contributed by atoms with Gasteiger partial charge >= 0.3 is 0 Å². The van der Waals surface area contributed by atoms with E-state index in [2.05, 4.69) is 12.2 Å². The monoisotopic (exact) mass is 171 g/mol. The van der Waals surface area contributed by atoms with Gasteiger partial charge in [0.25, 0.3) is 0 Å². The summed E-state index contributed by atoms with van der Waals surface area (Å²) in [5, 5.41) is 13.2. The molecule has 1 fully saturated rings. The summed E-state index contributed by atoms with van der Waals surface area (Å²) in [7, 11) is 0. The Kier molecular flexibility index (Phi) is 4.02. The number of rotatable bonds is 4. The molecule has 0 spiro atoms. The second kappa shape index (κ2) is 4.83. The van der Waals surface area contributed by atoms with Crippen molar-refractivity contribution >= 4 is 0 Å². The molecule has 0 unspecified atom stereocenters. The first-order valence-corrected chi connectivity index (χ1v) is 5.24. The van der Waals surface area contributed by atoms with Gasteiger partial charge in [0.15, 0.2) is 0 Å². The maximum absolute atomic E-state index is 9.99. The Morgan fingerprint density at radius 3 is 2.50 bits per heavy atom. The van der Waals surface area contributed by atoms with Gasteiger partial charge in [-0.3, -0.25) is 5.32 Å². The third-order valence-electron chi connectivity index (χ3n) is 2.67. The summed E-state index contributed by atoms with van der Waals surface area (Å²) in [6.07, 6.45) is 7.89. The van der Waals surface area contributed by atoms with E-state index in [0.717, 1.165) is 19.4 Å². The van der Waals surface area contributed by atoms with Crippen LogP contribution in [-0.4, -0.2) is 17.4 Å². The Labute approximate surface area is 75.4 Å². The highest BCUT2D eigenvalue weighted by Crippen LogP contribution is 2.25. The Bertz CT molecular complexity index is 119. The molecule has 0 aromatic carbocycles. The molecular formula is C10H21NO. The summed E-state index contributed by atoms with van der Waals surface area (Å²) >= 11 is 0. The molecule has 0 aliphatic heterocycles. The molecule has 0 atom stereocenters. The van der Waals surface area contributed by atoms with Crippen LogP contribution < -0.4 is 5.32 Å². The van der Waals surface area contributed by atoms with E-state index in [0.29, 0.717) is 0 Å². The number of hydrogen-bond donors (Lipinski definition) is 2. The maximum Gasteiger partial charge on any atom is 0.116 e. The van der Waals surface area contributed by atoms with Gasteiger partial charge in [0.2, 0.25) is 0 Å². The van der Waals surface area contributed by atoms with Crippen molar-refractivity contribution in [3.63, 3.8) is 0 Å². The molecule has 0 heterocycles. The van der Waals surface area contributed by atoms with Crippen molar-refractivity contribution in [3.8, 4) is 0 Å². The summed E-state index contributed by atoms with van der Waals surface area (Å²) in [6.45, 7) is 3.14. The molecule has 0 amide bonds. The molecule has 1 aliphatic rings. The van der Waals surface area contributed by atoms with Gasteiger partial charge in [-0.1, -0.05) is 19.8 Å². The lowest BCUT2D eigenvalue weighted by molar-refractivity contribution is -0.0277. The van der Waals surface area contributed by atoms with Crippen LogP contribution in [0.4, 0.5) is 0 Å². The van der Waals surface area contributed by atoms with Crippen molar-refractivity contribution < 1.29 is 5.11 Å². The van der Waals surface area contributed by atoms with Crippen LogP contribution in [0.5, 0.6) is 0 Å². The van der Waals surface area contributed by atoms with Crippen molar-refractivity contribution in [2.24, 2.45) is 0 Å². The third kappa shape index (κ3) is 3.11. The summed E-state index contributed by atoms with van der Waals surface area (Å²) < 4.78 is 0. The van der Waals surface area contributed by atoms with Gasteiger partial charge in [0, 0.05) is 0 Å². The largest absolute Gasteiger partial charge is 0.376 e. The topological polar surface area (TPSA) is 32.3 Å². The average molecular weight is 171 g/mol. The Balaban J connectivity index is 2.17. The van der Waals surface area contributed by atoms with E-state index in [-0.39, 0.29) is 0 Å². The van der Waals surface area contributed by atoms with E-state index in [9.17, 15) is 5.11 Å². The first-order chi connectivity index (χ1) is 5.77. The molecule has 0 radical (unpaired) electrons. The van der Waals surface area contributed by atoms with Gasteiger partial charge in [-0.15, -0.1) is 0 Å². The third-order valence-corrected chi connectivity index (χ3v) is 2.67. The zero-order valence-electron chi connectivity index (χ0n) is 8.10. The van der Waals surface area contributed by atoms with Crippen molar-refractivity contribution in [3.05, 3.63) is 0 Å². The zero-order chi connectivity index (χ0) is 8.86. The van der Waals surface area contributed by atoms with Crippen molar-refractivity contribution in [1.29, 1.82) is 0 Å². The predicted molar refractivity (Wildman–Crippen MR) is 50.9 cm³/mol. The molecule has 1 aliphatic carbocycles. The molecule has 0 aromatic rings. The number of aliphatic hydroxyl groups is 1. The Morgan fingerprint density at radius 1 is 1.25 bits per heavy atom. The van der Waals surface area contributed by atoms with Gasteiger partial charge in [0.05, 0.1) is 0 Å². The summed E-state index contributed by atoms with van der Waals surface area (Å²) in [5.41, 5.74) is -0.520. The Morgan fingerprint density at radius 2 is 1.92 bits per heavy atom. The van der Waals surface area contributed by atoms with Crippen LogP contribution in [0.2, 0.25) is 0 Å². The van der Waals surface area contributed by atoms with Crippen molar-refractivity contribution in [1.82, 2.24) is 5.32 Å². The number of unbranched alkanes of at least 4 members (excludes halogenated alkanes) is 1. The van der Waals surface area contributed by atoms with E-state index in [1.54, 1.807) is 0 Å². The normalized spacial score (nSPS) is 22.5. The SMILES string of the molecule is CCCCNC1(O)CCCCC1. The molecule has 0 bridgehead atoms. The second-order valence-electron chi connectivity index (χ2n) is 3.87. The predicted octanol–water partition coefficient (Wildman–Crippen LogP) is 2.03. The van der Waals surface area contributed by atoms with Crippen LogP contribution in [0.1, 0.15) is 51.9 Å². The minimum Gasteiger partial charge on any atom is -0.376 e. The molecule has 72 valence electrons. The summed E-state index contributed by atoms with van der Waals surface area (Å²) in [6, 6.07) is 0. The van der Waals surface area contributed by atoms with Crippen LogP contribution in [0.15, 0.2) is 0 Å². The van der Waals surface area contributed by atoms with Crippen molar-refractivity contribution in [2.45, 2.75) is 57.6 Å². The van der Waals surface area contributed by atoms with Gasteiger partial charge in [0.1, 0.15) is 5.72 Å². The lowest BCUT2D eigenvalue weighted by atomic mass is 9.92. The fourth-order valence-corrected chi connectivity index (χ4v) is 1.81. The minimum absolute atomic E-state index is 0.520. The van der Waals surface area contributed by atoms with Crippen LogP contribution in [0.3, 0.4) is 0 Å². The zero-order valence-corrected chi connectivity index (χ0v) is 8.10. The highest BCUT2D eigenvalue weighted by molar-refractivity contribution is 4.79. The molecule has 2 nitrogen and oxygen atoms in total. The molecule has 2 N–H and O–H groups in total. The van der Waals surface area contributed by atoms with Gasteiger partial charge in [-0.25, -0.2) is 0 Å².